The van der Waals surface area contributed by atoms with Crippen LogP contribution in [0, 0.1) is 5.82 Å². The number of nitrogens with one attached hydrogen (secondary N) is 1. The summed E-state index contributed by atoms with van der Waals surface area (Å²) in [4.78, 5) is 33.0. The van der Waals surface area contributed by atoms with E-state index in [0.29, 0.717) is 11.2 Å². The van der Waals surface area contributed by atoms with E-state index in [1.165, 1.54) is 24.0 Å². The molecule has 0 bridgehead atoms. The Morgan fingerprint density at radius 1 is 1.15 bits per heavy atom. The summed E-state index contributed by atoms with van der Waals surface area (Å²) in [6.45, 7) is 0. The quantitative estimate of drug-likeness (QED) is 0.549. The van der Waals surface area contributed by atoms with Crippen LogP contribution in [0.3, 0.4) is 0 Å². The Kier molecular flexibility index (Phi) is 3.65. The third-order valence-corrected chi connectivity index (χ3v) is 5.68. The molecule has 1 fully saturated rings. The summed E-state index contributed by atoms with van der Waals surface area (Å²) in [5.41, 5.74) is 0.0345. The number of hydrogen-bond donors (Lipinski definition) is 1. The van der Waals surface area contributed by atoms with Crippen molar-refractivity contribution in [3.05, 3.63) is 75.1 Å². The standard InChI is InChI=1S/C20H14FN3O2S/c21-14-10-13-17(25)16-15(8-9-22-19(16)26)24(11-6-7-11)18(13)23-20(14)27-12-4-2-1-3-5-12/h1-5,8-11H,6-7H2,(H,22,26). The first-order chi connectivity index (χ1) is 13.1. The minimum absolute atomic E-state index is 0.0570. The van der Waals surface area contributed by atoms with Crippen LogP contribution in [0.1, 0.15) is 18.9 Å². The van der Waals surface area contributed by atoms with Crippen LogP contribution in [-0.2, 0) is 0 Å². The SMILES string of the molecule is O=c1[nH]ccc2c1c(=O)c1cc(F)c(Sc3ccccc3)nc1n2C1CC1. The number of pyridine rings is 3. The molecule has 1 N–H and O–H groups in total. The molecule has 0 aliphatic heterocycles. The Morgan fingerprint density at radius 3 is 2.67 bits per heavy atom. The molecule has 7 heteroatoms. The van der Waals surface area contributed by atoms with E-state index in [1.807, 2.05) is 34.9 Å². The number of H-pyrrole nitrogens is 1. The predicted molar refractivity (Wildman–Crippen MR) is 103 cm³/mol. The second-order valence-electron chi connectivity index (χ2n) is 6.56. The normalized spacial score (nSPS) is 14.1. The maximum atomic E-state index is 14.7. The summed E-state index contributed by atoms with van der Waals surface area (Å²) >= 11 is 1.21. The molecule has 1 saturated carbocycles. The molecule has 5 nitrogen and oxygen atoms in total. The van der Waals surface area contributed by atoms with Gasteiger partial charge < -0.3 is 9.55 Å². The van der Waals surface area contributed by atoms with E-state index in [9.17, 15) is 14.0 Å². The molecule has 0 saturated heterocycles. The van der Waals surface area contributed by atoms with E-state index < -0.39 is 16.8 Å². The van der Waals surface area contributed by atoms with Crippen molar-refractivity contribution in [3.8, 4) is 0 Å². The highest BCUT2D eigenvalue weighted by molar-refractivity contribution is 7.99. The minimum atomic E-state index is -0.567. The van der Waals surface area contributed by atoms with Crippen molar-refractivity contribution in [1.82, 2.24) is 14.5 Å². The number of halogens is 1. The molecule has 1 aromatic carbocycles. The Balaban J connectivity index is 1.84. The Morgan fingerprint density at radius 2 is 1.93 bits per heavy atom. The van der Waals surface area contributed by atoms with Crippen LogP contribution in [0.15, 0.2) is 68.2 Å². The number of rotatable bonds is 3. The van der Waals surface area contributed by atoms with Crippen LogP contribution in [0.5, 0.6) is 0 Å². The zero-order valence-electron chi connectivity index (χ0n) is 14.1. The lowest BCUT2D eigenvalue weighted by molar-refractivity contribution is 0.589. The average molecular weight is 379 g/mol. The highest BCUT2D eigenvalue weighted by atomic mass is 32.2. The van der Waals surface area contributed by atoms with Crippen molar-refractivity contribution >= 4 is 33.7 Å². The molecule has 5 rings (SSSR count). The molecule has 0 spiro atoms. The monoisotopic (exact) mass is 379 g/mol. The van der Waals surface area contributed by atoms with Gasteiger partial charge in [-0.3, -0.25) is 9.59 Å². The highest BCUT2D eigenvalue weighted by Crippen LogP contribution is 2.39. The van der Waals surface area contributed by atoms with Gasteiger partial charge in [0.2, 0.25) is 5.43 Å². The van der Waals surface area contributed by atoms with Crippen molar-refractivity contribution in [1.29, 1.82) is 0 Å². The van der Waals surface area contributed by atoms with Gasteiger partial charge in [0, 0.05) is 17.1 Å². The topological polar surface area (TPSA) is 67.8 Å². The zero-order chi connectivity index (χ0) is 18.5. The third-order valence-electron chi connectivity index (χ3n) is 4.69. The number of aromatic nitrogens is 3. The lowest BCUT2D eigenvalue weighted by atomic mass is 10.1. The molecular weight excluding hydrogens is 365 g/mol. The average Bonchev–Trinajstić information content (AvgIpc) is 3.49. The van der Waals surface area contributed by atoms with Crippen molar-refractivity contribution in [2.24, 2.45) is 0 Å². The number of nitrogens with zero attached hydrogens (tertiary/aromatic N) is 2. The van der Waals surface area contributed by atoms with E-state index in [-0.39, 0.29) is 21.8 Å². The van der Waals surface area contributed by atoms with Crippen molar-refractivity contribution < 1.29 is 4.39 Å². The van der Waals surface area contributed by atoms with Crippen LogP contribution in [-0.4, -0.2) is 14.5 Å². The molecule has 3 aromatic heterocycles. The first-order valence-corrected chi connectivity index (χ1v) is 9.44. The lowest BCUT2D eigenvalue weighted by Crippen LogP contribution is -2.20. The summed E-state index contributed by atoms with van der Waals surface area (Å²) in [6.07, 6.45) is 3.41. The van der Waals surface area contributed by atoms with Crippen molar-refractivity contribution in [2.45, 2.75) is 28.8 Å². The van der Waals surface area contributed by atoms with E-state index in [0.717, 1.165) is 17.7 Å². The molecule has 0 unspecified atom stereocenters. The Hall–Kier alpha value is -2.93. The van der Waals surface area contributed by atoms with Crippen molar-refractivity contribution in [3.63, 3.8) is 0 Å². The van der Waals surface area contributed by atoms with Gasteiger partial charge >= 0.3 is 0 Å². The first kappa shape index (κ1) is 16.3. The van der Waals surface area contributed by atoms with Gasteiger partial charge in [-0.25, -0.2) is 9.37 Å². The molecule has 4 aromatic rings. The van der Waals surface area contributed by atoms with Gasteiger partial charge in [0.05, 0.1) is 10.9 Å². The van der Waals surface area contributed by atoms with E-state index in [4.69, 9.17) is 0 Å². The highest BCUT2D eigenvalue weighted by Gasteiger charge is 2.29. The summed E-state index contributed by atoms with van der Waals surface area (Å²) < 4.78 is 16.6. The van der Waals surface area contributed by atoms with Gasteiger partial charge in [0.25, 0.3) is 5.56 Å². The maximum absolute atomic E-state index is 14.7. The third kappa shape index (κ3) is 2.66. The Bertz CT molecular complexity index is 1310. The van der Waals surface area contributed by atoms with E-state index in [2.05, 4.69) is 9.97 Å². The molecule has 1 aliphatic rings. The van der Waals surface area contributed by atoms with E-state index in [1.54, 1.807) is 6.07 Å². The minimum Gasteiger partial charge on any atom is -0.328 e. The number of benzene rings is 1. The fraction of sp³-hybridized carbons (Fsp3) is 0.150. The molecule has 0 atom stereocenters. The van der Waals surface area contributed by atoms with E-state index >= 15 is 0 Å². The van der Waals surface area contributed by atoms with Crippen molar-refractivity contribution in [2.75, 3.05) is 0 Å². The number of fused-ring (bicyclic) bond motifs is 2. The van der Waals surface area contributed by atoms with Crippen LogP contribution in [0.2, 0.25) is 0 Å². The Labute approximate surface area is 156 Å². The molecule has 27 heavy (non-hydrogen) atoms. The zero-order valence-corrected chi connectivity index (χ0v) is 14.9. The smallest absolute Gasteiger partial charge is 0.261 e. The number of aromatic amines is 1. The molecule has 0 amide bonds. The summed E-state index contributed by atoms with van der Waals surface area (Å²) in [5, 5.41) is 0.411. The van der Waals surface area contributed by atoms with Gasteiger partial charge in [-0.15, -0.1) is 0 Å². The van der Waals surface area contributed by atoms with Gasteiger partial charge in [-0.1, -0.05) is 30.0 Å². The van der Waals surface area contributed by atoms with Crippen LogP contribution in [0.25, 0.3) is 21.9 Å². The summed E-state index contributed by atoms with van der Waals surface area (Å²) in [7, 11) is 0. The van der Waals surface area contributed by atoms with Gasteiger partial charge in [-0.05, 0) is 37.1 Å². The number of hydrogen-bond acceptors (Lipinski definition) is 4. The van der Waals surface area contributed by atoms with Crippen LogP contribution in [0.4, 0.5) is 4.39 Å². The molecule has 134 valence electrons. The second-order valence-corrected chi connectivity index (χ2v) is 7.62. The largest absolute Gasteiger partial charge is 0.328 e. The summed E-state index contributed by atoms with van der Waals surface area (Å²) in [6, 6.07) is 12.5. The van der Waals surface area contributed by atoms with Crippen LogP contribution < -0.4 is 11.0 Å². The fourth-order valence-corrected chi connectivity index (χ4v) is 4.13. The van der Waals surface area contributed by atoms with Gasteiger partial charge in [0.1, 0.15) is 16.1 Å². The molecule has 1 aliphatic carbocycles. The maximum Gasteiger partial charge on any atom is 0.261 e. The lowest BCUT2D eigenvalue weighted by Gasteiger charge is -2.14. The first-order valence-electron chi connectivity index (χ1n) is 8.62. The van der Waals surface area contributed by atoms with Crippen LogP contribution >= 0.6 is 11.8 Å². The molecule has 3 heterocycles. The second kappa shape index (κ2) is 6.06. The molecule has 0 radical (unpaired) electrons. The van der Waals surface area contributed by atoms with Gasteiger partial charge in [0.15, 0.2) is 5.82 Å². The fourth-order valence-electron chi connectivity index (χ4n) is 3.32. The molecular formula is C20H14FN3O2S. The van der Waals surface area contributed by atoms with Gasteiger partial charge in [-0.2, -0.15) is 0 Å². The summed E-state index contributed by atoms with van der Waals surface area (Å²) in [5.74, 6) is -0.567. The predicted octanol–water partition coefficient (Wildman–Crippen LogP) is 3.86.